The van der Waals surface area contributed by atoms with Gasteiger partial charge in [-0.25, -0.2) is 0 Å². The van der Waals surface area contributed by atoms with Crippen molar-refractivity contribution in [3.8, 4) is 0 Å². The van der Waals surface area contributed by atoms with E-state index in [2.05, 4.69) is 45.0 Å². The minimum atomic E-state index is -0.375. The molecule has 0 fully saturated rings. The number of fused-ring (bicyclic) bond motifs is 1. The predicted octanol–water partition coefficient (Wildman–Crippen LogP) is 4.17. The fraction of sp³-hybridized carbons (Fsp3) is 0.375. The van der Waals surface area contributed by atoms with Crippen molar-refractivity contribution in [3.05, 3.63) is 48.0 Å². The van der Waals surface area contributed by atoms with Crippen molar-refractivity contribution < 1.29 is 5.11 Å². The highest BCUT2D eigenvalue weighted by Crippen LogP contribution is 2.29. The first-order valence-electron chi connectivity index (χ1n) is 6.26. The Morgan fingerprint density at radius 3 is 2.18 bits per heavy atom. The van der Waals surface area contributed by atoms with Crippen LogP contribution in [0.4, 0.5) is 0 Å². The largest absolute Gasteiger partial charge is 0.388 e. The van der Waals surface area contributed by atoms with E-state index in [4.69, 9.17) is 0 Å². The second-order valence-corrected chi connectivity index (χ2v) is 5.15. The Balaban J connectivity index is 2.36. The molecule has 0 saturated heterocycles. The summed E-state index contributed by atoms with van der Waals surface area (Å²) in [5.41, 5.74) is 1.02. The summed E-state index contributed by atoms with van der Waals surface area (Å²) < 4.78 is 0. The lowest BCUT2D eigenvalue weighted by atomic mass is 9.87. The van der Waals surface area contributed by atoms with Crippen LogP contribution in [0.25, 0.3) is 10.8 Å². The van der Waals surface area contributed by atoms with Crippen LogP contribution < -0.4 is 0 Å². The molecular formula is C16H20O. The lowest BCUT2D eigenvalue weighted by molar-refractivity contribution is 0.0922. The number of hydrogen-bond acceptors (Lipinski definition) is 1. The van der Waals surface area contributed by atoms with Crippen molar-refractivity contribution in [2.75, 3.05) is 0 Å². The second-order valence-electron chi connectivity index (χ2n) is 5.15. The van der Waals surface area contributed by atoms with Gasteiger partial charge in [-0.2, -0.15) is 0 Å². The van der Waals surface area contributed by atoms with Gasteiger partial charge in [-0.05, 0) is 34.2 Å². The second kappa shape index (κ2) is 4.89. The molecular weight excluding hydrogens is 208 g/mol. The maximum atomic E-state index is 10.3. The summed E-state index contributed by atoms with van der Waals surface area (Å²) in [7, 11) is 0. The molecule has 1 N–H and O–H groups in total. The lowest BCUT2D eigenvalue weighted by Crippen LogP contribution is -2.14. The van der Waals surface area contributed by atoms with Gasteiger partial charge in [-0.1, -0.05) is 57.2 Å². The molecule has 0 aliphatic rings. The SMILES string of the molecule is CC(C)C(C)C(O)c1ccc2ccccc2c1. The standard InChI is InChI=1S/C16H20O/c1-11(2)12(3)16(17)15-9-8-13-6-4-5-7-14(13)10-15/h4-12,16-17H,1-3H3. The monoisotopic (exact) mass is 228 g/mol. The third-order valence-corrected chi connectivity index (χ3v) is 3.66. The molecule has 2 atom stereocenters. The van der Waals surface area contributed by atoms with E-state index in [9.17, 15) is 5.11 Å². The molecule has 0 amide bonds. The molecule has 0 aromatic heterocycles. The van der Waals surface area contributed by atoms with Crippen molar-refractivity contribution >= 4 is 10.8 Å². The van der Waals surface area contributed by atoms with Crippen molar-refractivity contribution in [3.63, 3.8) is 0 Å². The van der Waals surface area contributed by atoms with Crippen LogP contribution in [-0.2, 0) is 0 Å². The molecule has 0 radical (unpaired) electrons. The van der Waals surface area contributed by atoms with Gasteiger partial charge in [0, 0.05) is 0 Å². The van der Waals surface area contributed by atoms with Crippen LogP contribution in [0, 0.1) is 11.8 Å². The predicted molar refractivity (Wildman–Crippen MR) is 72.9 cm³/mol. The van der Waals surface area contributed by atoms with Gasteiger partial charge >= 0.3 is 0 Å². The Hall–Kier alpha value is -1.34. The molecule has 2 unspecified atom stereocenters. The van der Waals surface area contributed by atoms with E-state index in [1.807, 2.05) is 18.2 Å². The molecule has 1 heteroatoms. The minimum Gasteiger partial charge on any atom is -0.388 e. The Bertz CT molecular complexity index is 502. The van der Waals surface area contributed by atoms with Crippen LogP contribution in [-0.4, -0.2) is 5.11 Å². The Morgan fingerprint density at radius 1 is 0.882 bits per heavy atom. The first kappa shape index (κ1) is 12.1. The van der Waals surface area contributed by atoms with Gasteiger partial charge in [0.15, 0.2) is 0 Å². The smallest absolute Gasteiger partial charge is 0.0818 e. The number of aliphatic hydroxyl groups excluding tert-OH is 1. The highest BCUT2D eigenvalue weighted by atomic mass is 16.3. The number of aliphatic hydroxyl groups is 1. The summed E-state index contributed by atoms with van der Waals surface area (Å²) in [6.45, 7) is 6.40. The lowest BCUT2D eigenvalue weighted by Gasteiger charge is -2.22. The van der Waals surface area contributed by atoms with Crippen molar-refractivity contribution in [2.24, 2.45) is 11.8 Å². The molecule has 0 spiro atoms. The quantitative estimate of drug-likeness (QED) is 0.836. The Morgan fingerprint density at radius 2 is 1.53 bits per heavy atom. The van der Waals surface area contributed by atoms with Crippen molar-refractivity contribution in [1.82, 2.24) is 0 Å². The first-order valence-corrected chi connectivity index (χ1v) is 6.26. The molecule has 0 aliphatic carbocycles. The molecule has 2 rings (SSSR count). The van der Waals surface area contributed by atoms with Gasteiger partial charge in [-0.15, -0.1) is 0 Å². The molecule has 2 aromatic rings. The fourth-order valence-corrected chi connectivity index (χ4v) is 2.06. The summed E-state index contributed by atoms with van der Waals surface area (Å²) in [6.07, 6.45) is -0.375. The summed E-state index contributed by atoms with van der Waals surface area (Å²) in [5, 5.41) is 12.7. The van der Waals surface area contributed by atoms with Gasteiger partial charge in [0.05, 0.1) is 6.10 Å². The van der Waals surface area contributed by atoms with Crippen LogP contribution in [0.15, 0.2) is 42.5 Å². The average molecular weight is 228 g/mol. The highest BCUT2D eigenvalue weighted by molar-refractivity contribution is 5.83. The summed E-state index contributed by atoms with van der Waals surface area (Å²) >= 11 is 0. The van der Waals surface area contributed by atoms with Gasteiger partial charge in [-0.3, -0.25) is 0 Å². The first-order chi connectivity index (χ1) is 8.09. The zero-order valence-corrected chi connectivity index (χ0v) is 10.7. The summed E-state index contributed by atoms with van der Waals surface area (Å²) in [6, 6.07) is 14.5. The molecule has 0 bridgehead atoms. The van der Waals surface area contributed by atoms with Gasteiger partial charge in [0.2, 0.25) is 0 Å². The topological polar surface area (TPSA) is 20.2 Å². The van der Waals surface area contributed by atoms with E-state index in [0.717, 1.165) is 5.56 Å². The van der Waals surface area contributed by atoms with E-state index in [-0.39, 0.29) is 12.0 Å². The molecule has 17 heavy (non-hydrogen) atoms. The molecule has 0 aliphatic heterocycles. The number of benzene rings is 2. The maximum absolute atomic E-state index is 10.3. The third-order valence-electron chi connectivity index (χ3n) is 3.66. The molecule has 2 aromatic carbocycles. The van der Waals surface area contributed by atoms with E-state index in [1.54, 1.807) is 0 Å². The fourth-order valence-electron chi connectivity index (χ4n) is 2.06. The third kappa shape index (κ3) is 2.50. The minimum absolute atomic E-state index is 0.274. The van der Waals surface area contributed by atoms with Gasteiger partial charge in [0.1, 0.15) is 0 Å². The molecule has 90 valence electrons. The zero-order valence-electron chi connectivity index (χ0n) is 10.7. The van der Waals surface area contributed by atoms with Gasteiger partial charge in [0.25, 0.3) is 0 Å². The maximum Gasteiger partial charge on any atom is 0.0818 e. The van der Waals surface area contributed by atoms with Crippen LogP contribution in [0.1, 0.15) is 32.4 Å². The van der Waals surface area contributed by atoms with Crippen LogP contribution in [0.2, 0.25) is 0 Å². The zero-order chi connectivity index (χ0) is 12.4. The Kier molecular flexibility index (Phi) is 3.49. The normalized spacial score (nSPS) is 15.1. The highest BCUT2D eigenvalue weighted by Gasteiger charge is 2.19. The average Bonchev–Trinajstić information content (AvgIpc) is 2.36. The van der Waals surface area contributed by atoms with Crippen LogP contribution in [0.3, 0.4) is 0 Å². The van der Waals surface area contributed by atoms with E-state index in [1.165, 1.54) is 10.8 Å². The van der Waals surface area contributed by atoms with Crippen LogP contribution >= 0.6 is 0 Å². The molecule has 1 nitrogen and oxygen atoms in total. The van der Waals surface area contributed by atoms with Crippen LogP contribution in [0.5, 0.6) is 0 Å². The van der Waals surface area contributed by atoms with E-state index < -0.39 is 0 Å². The summed E-state index contributed by atoms with van der Waals surface area (Å²) in [4.78, 5) is 0. The van der Waals surface area contributed by atoms with Gasteiger partial charge < -0.3 is 5.11 Å². The van der Waals surface area contributed by atoms with Crippen molar-refractivity contribution in [1.29, 1.82) is 0 Å². The van der Waals surface area contributed by atoms with Crippen molar-refractivity contribution in [2.45, 2.75) is 26.9 Å². The number of rotatable bonds is 3. The number of hydrogen-bond donors (Lipinski definition) is 1. The molecule has 0 heterocycles. The van der Waals surface area contributed by atoms with E-state index in [0.29, 0.717) is 5.92 Å². The molecule has 0 saturated carbocycles. The summed E-state index contributed by atoms with van der Waals surface area (Å²) in [5.74, 6) is 0.757. The Labute approximate surface area is 103 Å². The van der Waals surface area contributed by atoms with E-state index >= 15 is 0 Å².